The molecule has 1 unspecified atom stereocenters. The van der Waals surface area contributed by atoms with Crippen molar-refractivity contribution in [2.75, 3.05) is 18.1 Å². The minimum atomic E-state index is 0.531. The first-order chi connectivity index (χ1) is 8.29. The first kappa shape index (κ1) is 12.4. The molecule has 3 nitrogen and oxygen atoms in total. The summed E-state index contributed by atoms with van der Waals surface area (Å²) in [5.41, 5.74) is 1.37. The van der Waals surface area contributed by atoms with Crippen LogP contribution >= 0.6 is 23.1 Å². The molecule has 1 atom stereocenters. The number of anilines is 1. The maximum Gasteiger partial charge on any atom is 0.206 e. The molecule has 0 bridgehead atoms. The fourth-order valence-corrected chi connectivity index (χ4v) is 3.23. The molecule has 0 aliphatic heterocycles. The summed E-state index contributed by atoms with van der Waals surface area (Å²) in [4.78, 5) is 0. The van der Waals surface area contributed by atoms with Gasteiger partial charge in [-0.1, -0.05) is 60.4 Å². The van der Waals surface area contributed by atoms with Crippen molar-refractivity contribution < 1.29 is 0 Å². The fraction of sp³-hybridized carbons (Fsp3) is 0.333. The van der Waals surface area contributed by atoms with E-state index in [4.69, 9.17) is 0 Å². The molecule has 0 aliphatic carbocycles. The number of benzene rings is 1. The van der Waals surface area contributed by atoms with E-state index in [1.54, 1.807) is 23.1 Å². The van der Waals surface area contributed by atoms with Crippen molar-refractivity contribution in [2.24, 2.45) is 0 Å². The highest BCUT2D eigenvalue weighted by Crippen LogP contribution is 2.29. The zero-order valence-electron chi connectivity index (χ0n) is 9.88. The van der Waals surface area contributed by atoms with Gasteiger partial charge in [0, 0.05) is 12.8 Å². The minimum Gasteiger partial charge on any atom is -0.363 e. The first-order valence-electron chi connectivity index (χ1n) is 5.48. The predicted molar refractivity (Wildman–Crippen MR) is 75.0 cm³/mol. The summed E-state index contributed by atoms with van der Waals surface area (Å²) >= 11 is 3.36. The second kappa shape index (κ2) is 6.02. The zero-order valence-corrected chi connectivity index (χ0v) is 11.5. The molecule has 0 aliphatic rings. The second-order valence-corrected chi connectivity index (χ2v) is 5.99. The summed E-state index contributed by atoms with van der Waals surface area (Å²) in [5, 5.41) is 12.0. The lowest BCUT2D eigenvalue weighted by Crippen LogP contribution is -1.95. The van der Waals surface area contributed by atoms with Crippen molar-refractivity contribution in [3.05, 3.63) is 35.9 Å². The average Bonchev–Trinajstić information content (AvgIpc) is 2.85. The molecule has 90 valence electrons. The Morgan fingerprint density at radius 1 is 1.29 bits per heavy atom. The molecular weight excluding hydrogens is 250 g/mol. The van der Waals surface area contributed by atoms with Crippen LogP contribution in [0.3, 0.4) is 0 Å². The van der Waals surface area contributed by atoms with Gasteiger partial charge in [0.2, 0.25) is 5.13 Å². The Morgan fingerprint density at radius 3 is 2.71 bits per heavy atom. The van der Waals surface area contributed by atoms with E-state index in [-0.39, 0.29) is 0 Å². The Hall–Kier alpha value is -1.07. The van der Waals surface area contributed by atoms with Gasteiger partial charge in [-0.05, 0) is 11.5 Å². The molecule has 0 radical (unpaired) electrons. The van der Waals surface area contributed by atoms with Gasteiger partial charge in [-0.3, -0.25) is 0 Å². The average molecular weight is 265 g/mol. The number of thioether (sulfide) groups is 1. The molecule has 17 heavy (non-hydrogen) atoms. The number of hydrogen-bond donors (Lipinski definition) is 1. The largest absolute Gasteiger partial charge is 0.363 e. The van der Waals surface area contributed by atoms with E-state index in [2.05, 4.69) is 46.7 Å². The molecule has 1 N–H and O–H groups in total. The summed E-state index contributed by atoms with van der Waals surface area (Å²) in [5.74, 6) is 1.56. The third kappa shape index (κ3) is 3.44. The summed E-state index contributed by atoms with van der Waals surface area (Å²) < 4.78 is 1.03. The van der Waals surface area contributed by atoms with Gasteiger partial charge >= 0.3 is 0 Å². The van der Waals surface area contributed by atoms with E-state index < -0.39 is 0 Å². The summed E-state index contributed by atoms with van der Waals surface area (Å²) in [7, 11) is 1.86. The van der Waals surface area contributed by atoms with Crippen LogP contribution in [-0.2, 0) is 0 Å². The van der Waals surface area contributed by atoms with Crippen molar-refractivity contribution >= 4 is 28.2 Å². The van der Waals surface area contributed by atoms with Crippen LogP contribution in [0.5, 0.6) is 0 Å². The minimum absolute atomic E-state index is 0.531. The predicted octanol–water partition coefficient (Wildman–Crippen LogP) is 3.48. The Morgan fingerprint density at radius 2 is 2.06 bits per heavy atom. The monoisotopic (exact) mass is 265 g/mol. The van der Waals surface area contributed by atoms with Gasteiger partial charge < -0.3 is 5.32 Å². The maximum absolute atomic E-state index is 4.12. The summed E-state index contributed by atoms with van der Waals surface area (Å²) in [6.07, 6.45) is 0. The SMILES string of the molecule is CNc1nnc(SCC(C)c2ccccc2)s1. The van der Waals surface area contributed by atoms with Crippen molar-refractivity contribution in [3.8, 4) is 0 Å². The Balaban J connectivity index is 1.90. The van der Waals surface area contributed by atoms with Crippen LogP contribution in [0.4, 0.5) is 5.13 Å². The molecule has 1 heterocycles. The van der Waals surface area contributed by atoms with E-state index in [9.17, 15) is 0 Å². The van der Waals surface area contributed by atoms with Crippen molar-refractivity contribution in [2.45, 2.75) is 17.2 Å². The van der Waals surface area contributed by atoms with Gasteiger partial charge in [0.15, 0.2) is 4.34 Å². The fourth-order valence-electron chi connectivity index (χ4n) is 1.44. The molecule has 1 aromatic heterocycles. The van der Waals surface area contributed by atoms with Crippen molar-refractivity contribution in [1.82, 2.24) is 10.2 Å². The van der Waals surface area contributed by atoms with Crippen LogP contribution < -0.4 is 5.32 Å². The van der Waals surface area contributed by atoms with Crippen LogP contribution in [0.2, 0.25) is 0 Å². The Kier molecular flexibility index (Phi) is 4.39. The normalized spacial score (nSPS) is 12.4. The van der Waals surface area contributed by atoms with Gasteiger partial charge in [-0.2, -0.15) is 0 Å². The topological polar surface area (TPSA) is 37.8 Å². The van der Waals surface area contributed by atoms with Crippen LogP contribution in [0.1, 0.15) is 18.4 Å². The van der Waals surface area contributed by atoms with Crippen LogP contribution in [0.15, 0.2) is 34.7 Å². The maximum atomic E-state index is 4.12. The van der Waals surface area contributed by atoms with Gasteiger partial charge in [0.05, 0.1) is 0 Å². The zero-order chi connectivity index (χ0) is 12.1. The lowest BCUT2D eigenvalue weighted by Gasteiger charge is -2.09. The van der Waals surface area contributed by atoms with Crippen LogP contribution in [0.25, 0.3) is 0 Å². The van der Waals surface area contributed by atoms with Crippen molar-refractivity contribution in [1.29, 1.82) is 0 Å². The van der Waals surface area contributed by atoms with Crippen molar-refractivity contribution in [3.63, 3.8) is 0 Å². The Labute approximate surface area is 110 Å². The molecule has 5 heteroatoms. The standard InChI is InChI=1S/C12H15N3S2/c1-9(10-6-4-3-5-7-10)8-16-12-15-14-11(13-2)17-12/h3-7,9H,8H2,1-2H3,(H,13,14). The summed E-state index contributed by atoms with van der Waals surface area (Å²) in [6, 6.07) is 10.6. The van der Waals surface area contributed by atoms with E-state index in [1.165, 1.54) is 5.56 Å². The number of nitrogens with zero attached hydrogens (tertiary/aromatic N) is 2. The third-order valence-corrected chi connectivity index (χ3v) is 4.78. The van der Waals surface area contributed by atoms with Crippen LogP contribution in [-0.4, -0.2) is 23.0 Å². The smallest absolute Gasteiger partial charge is 0.206 e. The molecule has 0 fully saturated rings. The molecule has 0 saturated carbocycles. The number of nitrogens with one attached hydrogen (secondary N) is 1. The summed E-state index contributed by atoms with van der Waals surface area (Å²) in [6.45, 7) is 2.24. The lowest BCUT2D eigenvalue weighted by atomic mass is 10.0. The highest BCUT2D eigenvalue weighted by Gasteiger charge is 2.08. The molecule has 2 aromatic rings. The Bertz CT molecular complexity index is 456. The number of aromatic nitrogens is 2. The molecule has 1 aromatic carbocycles. The molecule has 0 saturated heterocycles. The quantitative estimate of drug-likeness (QED) is 0.840. The number of rotatable bonds is 5. The third-order valence-electron chi connectivity index (χ3n) is 2.45. The van der Waals surface area contributed by atoms with Crippen LogP contribution in [0, 0.1) is 0 Å². The van der Waals surface area contributed by atoms with Gasteiger partial charge in [0.25, 0.3) is 0 Å². The molecule has 0 amide bonds. The lowest BCUT2D eigenvalue weighted by molar-refractivity contribution is 0.878. The molecule has 2 rings (SSSR count). The highest BCUT2D eigenvalue weighted by molar-refractivity contribution is 8.01. The van der Waals surface area contributed by atoms with Gasteiger partial charge in [0.1, 0.15) is 0 Å². The van der Waals surface area contributed by atoms with E-state index >= 15 is 0 Å². The molecular formula is C12H15N3S2. The second-order valence-electron chi connectivity index (χ2n) is 3.75. The van der Waals surface area contributed by atoms with Gasteiger partial charge in [-0.25, -0.2) is 0 Å². The van der Waals surface area contributed by atoms with Gasteiger partial charge in [-0.15, -0.1) is 10.2 Å². The van der Waals surface area contributed by atoms with E-state index in [0.717, 1.165) is 15.2 Å². The first-order valence-corrected chi connectivity index (χ1v) is 7.29. The molecule has 0 spiro atoms. The van der Waals surface area contributed by atoms with E-state index in [1.807, 2.05) is 13.1 Å². The number of hydrogen-bond acceptors (Lipinski definition) is 5. The van der Waals surface area contributed by atoms with E-state index in [0.29, 0.717) is 5.92 Å². The highest BCUT2D eigenvalue weighted by atomic mass is 32.2.